The lowest BCUT2D eigenvalue weighted by Crippen LogP contribution is -2.36. The number of fused-ring (bicyclic) bond motifs is 1. The lowest BCUT2D eigenvalue weighted by atomic mass is 9.78. The van der Waals surface area contributed by atoms with E-state index in [9.17, 15) is 19.2 Å². The van der Waals surface area contributed by atoms with Gasteiger partial charge in [0.1, 0.15) is 5.92 Å². The van der Waals surface area contributed by atoms with E-state index in [-0.39, 0.29) is 12.5 Å². The molecule has 0 saturated carbocycles. The summed E-state index contributed by atoms with van der Waals surface area (Å²) in [4.78, 5) is 54.1. The first kappa shape index (κ1) is 20.5. The number of likely N-dealkylation sites (tertiary alicyclic amines) is 1. The third-order valence-corrected chi connectivity index (χ3v) is 6.10. The van der Waals surface area contributed by atoms with E-state index >= 15 is 0 Å². The van der Waals surface area contributed by atoms with E-state index in [4.69, 9.17) is 4.74 Å². The first-order chi connectivity index (χ1) is 14.9. The Hall–Kier alpha value is -3.74. The molecule has 1 saturated heterocycles. The smallest absolute Gasteiger partial charge is 0.319 e. The molecule has 2 aromatic rings. The van der Waals surface area contributed by atoms with Crippen LogP contribution >= 0.6 is 0 Å². The number of ether oxygens (including phenoxy) is 1. The topological polar surface area (TPSA) is 84.0 Å². The molecule has 0 radical (unpaired) electrons. The molecule has 0 aliphatic carbocycles. The predicted octanol–water partition coefficient (Wildman–Crippen LogP) is 2.48. The number of imide groups is 1. The molecule has 7 heteroatoms. The minimum absolute atomic E-state index is 0.166. The van der Waals surface area contributed by atoms with Gasteiger partial charge in [-0.2, -0.15) is 0 Å². The monoisotopic (exact) mass is 418 g/mol. The molecule has 0 bridgehead atoms. The number of hydrogen-bond donors (Lipinski definition) is 0. The summed E-state index contributed by atoms with van der Waals surface area (Å²) in [7, 11) is 2.56. The molecule has 2 heterocycles. The second kappa shape index (κ2) is 7.83. The van der Waals surface area contributed by atoms with Crippen molar-refractivity contribution in [2.75, 3.05) is 25.6 Å². The van der Waals surface area contributed by atoms with Gasteiger partial charge in [0.15, 0.2) is 0 Å². The molecule has 3 atom stereocenters. The van der Waals surface area contributed by atoms with E-state index in [2.05, 4.69) is 6.58 Å². The zero-order chi connectivity index (χ0) is 22.3. The Labute approximate surface area is 179 Å². The molecule has 31 heavy (non-hydrogen) atoms. The number of amides is 3. The first-order valence-electron chi connectivity index (χ1n) is 9.92. The van der Waals surface area contributed by atoms with E-state index in [1.54, 1.807) is 41.3 Å². The van der Waals surface area contributed by atoms with Gasteiger partial charge in [-0.3, -0.25) is 24.1 Å². The van der Waals surface area contributed by atoms with Crippen molar-refractivity contribution >= 4 is 35.5 Å². The summed E-state index contributed by atoms with van der Waals surface area (Å²) in [6.07, 6.45) is 1.65. The number of hydrogen-bond acceptors (Lipinski definition) is 5. The minimum Gasteiger partial charge on any atom is -0.468 e. The highest BCUT2D eigenvalue weighted by molar-refractivity contribution is 6.14. The van der Waals surface area contributed by atoms with E-state index in [1.165, 1.54) is 14.2 Å². The van der Waals surface area contributed by atoms with Gasteiger partial charge in [0.2, 0.25) is 11.8 Å². The quantitative estimate of drug-likeness (QED) is 0.433. The normalized spacial score (nSPS) is 22.5. The van der Waals surface area contributed by atoms with Gasteiger partial charge in [0.25, 0.3) is 5.91 Å². The summed E-state index contributed by atoms with van der Waals surface area (Å²) in [5.41, 5.74) is 2.64. The Kier molecular flexibility index (Phi) is 5.19. The molecule has 2 aromatic carbocycles. The zero-order valence-corrected chi connectivity index (χ0v) is 17.3. The number of anilines is 1. The average molecular weight is 418 g/mol. The average Bonchev–Trinajstić information content (AvgIpc) is 3.29. The van der Waals surface area contributed by atoms with Gasteiger partial charge in [-0.1, -0.05) is 43.0 Å². The largest absolute Gasteiger partial charge is 0.468 e. The van der Waals surface area contributed by atoms with Crippen LogP contribution in [0.15, 0.2) is 55.1 Å². The van der Waals surface area contributed by atoms with Crippen LogP contribution in [0.2, 0.25) is 0 Å². The fourth-order valence-corrected chi connectivity index (χ4v) is 4.61. The molecule has 158 valence electrons. The molecule has 7 nitrogen and oxygen atoms in total. The standard InChI is InChI=1S/C24H22N2O5/c1-4-14-11-8-12-17-18(14)16(13-26(17)21(27)15-9-6-5-7-10-15)19-20(24(30)31-3)23(29)25(2)22(19)28/h4-12,16,19-20H,1,13H2,2-3H3. The fourth-order valence-electron chi connectivity index (χ4n) is 4.61. The summed E-state index contributed by atoms with van der Waals surface area (Å²) in [6, 6.07) is 14.3. The number of carbonyl (C=O) groups excluding carboxylic acids is 4. The Morgan fingerprint density at radius 2 is 1.77 bits per heavy atom. The summed E-state index contributed by atoms with van der Waals surface area (Å²) in [6.45, 7) is 4.03. The zero-order valence-electron chi connectivity index (χ0n) is 17.3. The van der Waals surface area contributed by atoms with Crippen molar-refractivity contribution in [3.8, 4) is 0 Å². The van der Waals surface area contributed by atoms with Crippen LogP contribution in [0, 0.1) is 11.8 Å². The minimum atomic E-state index is -1.25. The van der Waals surface area contributed by atoms with Gasteiger partial charge in [0, 0.05) is 30.8 Å². The van der Waals surface area contributed by atoms with Gasteiger partial charge in [-0.05, 0) is 29.3 Å². The molecular formula is C24H22N2O5. The van der Waals surface area contributed by atoms with Crippen molar-refractivity contribution in [3.05, 3.63) is 71.8 Å². The molecule has 3 unspecified atom stereocenters. The Bertz CT molecular complexity index is 1090. The van der Waals surface area contributed by atoms with Gasteiger partial charge >= 0.3 is 5.97 Å². The highest BCUT2D eigenvalue weighted by Crippen LogP contribution is 2.48. The van der Waals surface area contributed by atoms with Crippen LogP contribution in [0.4, 0.5) is 5.69 Å². The van der Waals surface area contributed by atoms with E-state index < -0.39 is 35.5 Å². The van der Waals surface area contributed by atoms with Crippen LogP contribution in [0.3, 0.4) is 0 Å². The maximum absolute atomic E-state index is 13.3. The van der Waals surface area contributed by atoms with E-state index in [0.717, 1.165) is 16.0 Å². The molecule has 4 rings (SSSR count). The van der Waals surface area contributed by atoms with Crippen LogP contribution < -0.4 is 4.90 Å². The van der Waals surface area contributed by atoms with Crippen molar-refractivity contribution < 1.29 is 23.9 Å². The maximum Gasteiger partial charge on any atom is 0.319 e. The Balaban J connectivity index is 1.84. The first-order valence-corrected chi connectivity index (χ1v) is 9.92. The molecule has 2 aliphatic rings. The van der Waals surface area contributed by atoms with Crippen molar-refractivity contribution in [2.24, 2.45) is 11.8 Å². The summed E-state index contributed by atoms with van der Waals surface area (Å²) >= 11 is 0. The molecule has 0 N–H and O–H groups in total. The van der Waals surface area contributed by atoms with Gasteiger partial charge in [0.05, 0.1) is 13.0 Å². The maximum atomic E-state index is 13.3. The number of rotatable bonds is 4. The van der Waals surface area contributed by atoms with Gasteiger partial charge in [-0.15, -0.1) is 0 Å². The number of nitrogens with zero attached hydrogens (tertiary/aromatic N) is 2. The van der Waals surface area contributed by atoms with Crippen molar-refractivity contribution in [2.45, 2.75) is 5.92 Å². The lowest BCUT2D eigenvalue weighted by Gasteiger charge is -2.22. The molecular weight excluding hydrogens is 396 g/mol. The molecule has 1 fully saturated rings. The number of benzene rings is 2. The third kappa shape index (κ3) is 3.13. The van der Waals surface area contributed by atoms with Gasteiger partial charge < -0.3 is 9.64 Å². The van der Waals surface area contributed by atoms with Crippen molar-refractivity contribution in [1.82, 2.24) is 4.90 Å². The van der Waals surface area contributed by atoms with Crippen LogP contribution in [0.25, 0.3) is 6.08 Å². The molecule has 2 aliphatic heterocycles. The van der Waals surface area contributed by atoms with E-state index in [1.807, 2.05) is 18.2 Å². The Morgan fingerprint density at radius 1 is 1.06 bits per heavy atom. The number of methoxy groups -OCH3 is 1. The number of esters is 1. The fraction of sp³-hybridized carbons (Fsp3) is 0.250. The SMILES string of the molecule is C=Cc1cccc2c1C(C1C(=O)N(C)C(=O)C1C(=O)OC)CN2C(=O)c1ccccc1. The van der Waals surface area contributed by atoms with Crippen LogP contribution in [-0.4, -0.2) is 49.3 Å². The van der Waals surface area contributed by atoms with E-state index in [0.29, 0.717) is 11.3 Å². The summed E-state index contributed by atoms with van der Waals surface area (Å²) in [5.74, 6) is -4.77. The molecule has 0 aromatic heterocycles. The molecule has 0 spiro atoms. The second-order valence-corrected chi connectivity index (χ2v) is 7.63. The predicted molar refractivity (Wildman–Crippen MR) is 114 cm³/mol. The van der Waals surface area contributed by atoms with Crippen molar-refractivity contribution in [3.63, 3.8) is 0 Å². The highest BCUT2D eigenvalue weighted by Gasteiger charge is 2.56. The van der Waals surface area contributed by atoms with Crippen LogP contribution in [0.5, 0.6) is 0 Å². The number of carbonyl (C=O) groups is 4. The highest BCUT2D eigenvalue weighted by atomic mass is 16.5. The van der Waals surface area contributed by atoms with Crippen LogP contribution in [0.1, 0.15) is 27.4 Å². The van der Waals surface area contributed by atoms with Crippen molar-refractivity contribution in [1.29, 1.82) is 0 Å². The molecule has 3 amide bonds. The third-order valence-electron chi connectivity index (χ3n) is 6.10. The van der Waals surface area contributed by atoms with Gasteiger partial charge in [-0.25, -0.2) is 0 Å². The second-order valence-electron chi connectivity index (χ2n) is 7.63. The summed E-state index contributed by atoms with van der Waals surface area (Å²) in [5, 5.41) is 0. The lowest BCUT2D eigenvalue weighted by molar-refractivity contribution is -0.151. The Morgan fingerprint density at radius 3 is 2.42 bits per heavy atom. The summed E-state index contributed by atoms with van der Waals surface area (Å²) < 4.78 is 4.84. The van der Waals surface area contributed by atoms with Crippen LogP contribution in [-0.2, 0) is 19.1 Å².